The van der Waals surface area contributed by atoms with Crippen molar-refractivity contribution >= 4 is 34.5 Å². The van der Waals surface area contributed by atoms with Gasteiger partial charge < -0.3 is 5.32 Å². The number of rotatable bonds is 3. The minimum atomic E-state index is -0.446. The number of benzene rings is 1. The monoisotopic (exact) mass is 341 g/mol. The van der Waals surface area contributed by atoms with Crippen molar-refractivity contribution in [3.8, 4) is 0 Å². The molecule has 3 amide bonds. The second kappa shape index (κ2) is 6.84. The molecular formula is C17H15N3O3S. The van der Waals surface area contributed by atoms with Crippen LogP contribution < -0.4 is 5.32 Å². The number of carbonyl (C=O) groups excluding carboxylic acids is 3. The second-order valence-corrected chi connectivity index (χ2v) is 6.37. The minimum Gasteiger partial charge on any atom is -0.321 e. The molecule has 1 fully saturated rings. The van der Waals surface area contributed by atoms with Crippen LogP contribution in [-0.4, -0.2) is 39.2 Å². The third-order valence-electron chi connectivity index (χ3n) is 3.54. The molecule has 1 saturated heterocycles. The van der Waals surface area contributed by atoms with E-state index in [4.69, 9.17) is 0 Å². The van der Waals surface area contributed by atoms with Crippen LogP contribution in [0.25, 0.3) is 0 Å². The quantitative estimate of drug-likeness (QED) is 0.928. The zero-order valence-corrected chi connectivity index (χ0v) is 13.8. The van der Waals surface area contributed by atoms with Gasteiger partial charge in [0.2, 0.25) is 0 Å². The Kier molecular flexibility index (Phi) is 4.61. The van der Waals surface area contributed by atoms with Crippen molar-refractivity contribution in [1.29, 1.82) is 0 Å². The molecule has 0 bridgehead atoms. The standard InChI is InChI=1S/C17H15N3O3S/c1-11-8-12(10-18-9-11)19-15(21)13-4-2-3-5-14(13)16(22)20-6-7-24-17(20)23/h2-5,8-10H,6-7H2,1H3,(H,19,21). The number of hydrogen-bond acceptors (Lipinski definition) is 5. The maximum absolute atomic E-state index is 12.6. The number of nitrogens with one attached hydrogen (secondary N) is 1. The topological polar surface area (TPSA) is 79.4 Å². The van der Waals surface area contributed by atoms with Crippen LogP contribution in [0.2, 0.25) is 0 Å². The lowest BCUT2D eigenvalue weighted by molar-refractivity contribution is 0.0826. The number of imide groups is 1. The van der Waals surface area contributed by atoms with Crippen LogP contribution in [0.1, 0.15) is 26.3 Å². The van der Waals surface area contributed by atoms with Crippen molar-refractivity contribution in [2.75, 3.05) is 17.6 Å². The Hall–Kier alpha value is -2.67. The zero-order chi connectivity index (χ0) is 17.1. The minimum absolute atomic E-state index is 0.214. The van der Waals surface area contributed by atoms with E-state index in [-0.39, 0.29) is 16.4 Å². The number of hydrogen-bond donors (Lipinski definition) is 1. The van der Waals surface area contributed by atoms with Gasteiger partial charge in [-0.3, -0.25) is 24.3 Å². The predicted octanol–water partition coefficient (Wildman–Crippen LogP) is 2.95. The summed E-state index contributed by atoms with van der Waals surface area (Å²) in [6, 6.07) is 8.27. The molecule has 0 atom stereocenters. The largest absolute Gasteiger partial charge is 0.321 e. The van der Waals surface area contributed by atoms with Gasteiger partial charge in [0.1, 0.15) is 0 Å². The smallest absolute Gasteiger partial charge is 0.288 e. The molecule has 122 valence electrons. The number of nitrogens with zero attached hydrogens (tertiary/aromatic N) is 2. The lowest BCUT2D eigenvalue weighted by atomic mass is 10.1. The van der Waals surface area contributed by atoms with Crippen LogP contribution in [0.15, 0.2) is 42.7 Å². The van der Waals surface area contributed by atoms with Gasteiger partial charge in [0.05, 0.1) is 23.0 Å². The summed E-state index contributed by atoms with van der Waals surface area (Å²) in [5.41, 5.74) is 1.91. The van der Waals surface area contributed by atoms with E-state index >= 15 is 0 Å². The summed E-state index contributed by atoms with van der Waals surface area (Å²) in [6.07, 6.45) is 3.22. The molecule has 1 aliphatic heterocycles. The Morgan fingerprint density at radius 3 is 2.62 bits per heavy atom. The van der Waals surface area contributed by atoms with Crippen LogP contribution in [-0.2, 0) is 0 Å². The Labute approximate surface area is 143 Å². The molecule has 3 rings (SSSR count). The maximum atomic E-state index is 12.6. The average Bonchev–Trinajstić information content (AvgIpc) is 3.00. The van der Waals surface area contributed by atoms with E-state index in [9.17, 15) is 14.4 Å². The van der Waals surface area contributed by atoms with Gasteiger partial charge >= 0.3 is 0 Å². The van der Waals surface area contributed by atoms with Crippen LogP contribution in [0, 0.1) is 6.92 Å². The summed E-state index contributed by atoms with van der Waals surface area (Å²) in [4.78, 5) is 42.1. The molecule has 1 aromatic carbocycles. The number of carbonyl (C=O) groups is 3. The fourth-order valence-corrected chi connectivity index (χ4v) is 3.19. The average molecular weight is 341 g/mol. The Bertz CT molecular complexity index is 822. The normalized spacial score (nSPS) is 13.9. The third kappa shape index (κ3) is 3.30. The molecule has 1 aromatic heterocycles. The highest BCUT2D eigenvalue weighted by Gasteiger charge is 2.30. The Morgan fingerprint density at radius 1 is 1.21 bits per heavy atom. The summed E-state index contributed by atoms with van der Waals surface area (Å²) < 4.78 is 0. The van der Waals surface area contributed by atoms with Gasteiger partial charge in [0, 0.05) is 18.5 Å². The van der Waals surface area contributed by atoms with E-state index in [0.717, 1.165) is 17.3 Å². The maximum Gasteiger partial charge on any atom is 0.288 e. The molecule has 2 aromatic rings. The molecular weight excluding hydrogens is 326 g/mol. The van der Waals surface area contributed by atoms with Gasteiger partial charge in [0.15, 0.2) is 0 Å². The zero-order valence-electron chi connectivity index (χ0n) is 13.0. The molecule has 0 radical (unpaired) electrons. The predicted molar refractivity (Wildman–Crippen MR) is 92.3 cm³/mol. The van der Waals surface area contributed by atoms with Crippen LogP contribution in [0.4, 0.5) is 10.5 Å². The van der Waals surface area contributed by atoms with Crippen molar-refractivity contribution in [2.45, 2.75) is 6.92 Å². The molecule has 0 saturated carbocycles. The van der Waals surface area contributed by atoms with E-state index in [1.165, 1.54) is 11.1 Å². The number of pyridine rings is 1. The first-order valence-corrected chi connectivity index (χ1v) is 8.35. The molecule has 0 aliphatic carbocycles. The summed E-state index contributed by atoms with van der Waals surface area (Å²) in [5.74, 6) is -0.280. The number of thioether (sulfide) groups is 1. The first-order valence-electron chi connectivity index (χ1n) is 7.37. The van der Waals surface area contributed by atoms with Gasteiger partial charge in [-0.15, -0.1) is 0 Å². The van der Waals surface area contributed by atoms with Gasteiger partial charge in [-0.25, -0.2) is 0 Å². The summed E-state index contributed by atoms with van der Waals surface area (Å²) >= 11 is 1.10. The van der Waals surface area contributed by atoms with Crippen molar-refractivity contribution < 1.29 is 14.4 Å². The molecule has 7 heteroatoms. The number of aryl methyl sites for hydroxylation is 1. The summed E-state index contributed by atoms with van der Waals surface area (Å²) in [7, 11) is 0. The third-order valence-corrected chi connectivity index (χ3v) is 4.39. The first kappa shape index (κ1) is 16.2. The van der Waals surface area contributed by atoms with Crippen molar-refractivity contribution in [3.05, 3.63) is 59.4 Å². The van der Waals surface area contributed by atoms with Gasteiger partial charge in [0.25, 0.3) is 17.1 Å². The van der Waals surface area contributed by atoms with Crippen molar-refractivity contribution in [3.63, 3.8) is 0 Å². The fraction of sp³-hybridized carbons (Fsp3) is 0.176. The van der Waals surface area contributed by atoms with E-state index in [0.29, 0.717) is 18.0 Å². The van der Waals surface area contributed by atoms with Crippen LogP contribution in [0.5, 0.6) is 0 Å². The van der Waals surface area contributed by atoms with Gasteiger partial charge in [-0.05, 0) is 30.7 Å². The van der Waals surface area contributed by atoms with E-state index in [2.05, 4.69) is 10.3 Å². The SMILES string of the molecule is Cc1cncc(NC(=O)c2ccccc2C(=O)N2CCSC2=O)c1. The summed E-state index contributed by atoms with van der Waals surface area (Å²) in [6.45, 7) is 2.23. The number of anilines is 1. The van der Waals surface area contributed by atoms with Crippen molar-refractivity contribution in [2.24, 2.45) is 0 Å². The molecule has 1 aliphatic rings. The van der Waals surface area contributed by atoms with Crippen LogP contribution >= 0.6 is 11.8 Å². The number of amides is 3. The highest BCUT2D eigenvalue weighted by atomic mass is 32.2. The first-order chi connectivity index (χ1) is 11.6. The number of aromatic nitrogens is 1. The molecule has 2 heterocycles. The van der Waals surface area contributed by atoms with Crippen LogP contribution in [0.3, 0.4) is 0 Å². The highest BCUT2D eigenvalue weighted by molar-refractivity contribution is 8.13. The van der Waals surface area contributed by atoms with E-state index in [1.807, 2.05) is 6.92 Å². The molecule has 0 spiro atoms. The van der Waals surface area contributed by atoms with E-state index < -0.39 is 11.8 Å². The second-order valence-electron chi connectivity index (χ2n) is 5.32. The van der Waals surface area contributed by atoms with Gasteiger partial charge in [-0.2, -0.15) is 0 Å². The lowest BCUT2D eigenvalue weighted by Gasteiger charge is -2.15. The highest BCUT2D eigenvalue weighted by Crippen LogP contribution is 2.22. The summed E-state index contributed by atoms with van der Waals surface area (Å²) in [5, 5.41) is 2.45. The fourth-order valence-electron chi connectivity index (χ4n) is 2.41. The Morgan fingerprint density at radius 2 is 1.96 bits per heavy atom. The Balaban J connectivity index is 1.87. The van der Waals surface area contributed by atoms with Crippen molar-refractivity contribution in [1.82, 2.24) is 9.88 Å². The molecule has 1 N–H and O–H groups in total. The molecule has 0 unspecified atom stereocenters. The molecule has 24 heavy (non-hydrogen) atoms. The molecule has 6 nitrogen and oxygen atoms in total. The lowest BCUT2D eigenvalue weighted by Crippen LogP contribution is -2.32. The van der Waals surface area contributed by atoms with Gasteiger partial charge in [-0.1, -0.05) is 23.9 Å². The van der Waals surface area contributed by atoms with E-state index in [1.54, 1.807) is 36.5 Å².